The summed E-state index contributed by atoms with van der Waals surface area (Å²) in [7, 11) is 0. The zero-order chi connectivity index (χ0) is 10.9. The van der Waals surface area contributed by atoms with Crippen LogP contribution in [0.1, 0.15) is 39.0 Å². The van der Waals surface area contributed by atoms with E-state index < -0.39 is 0 Å². The molecule has 2 heteroatoms. The van der Waals surface area contributed by atoms with Crippen molar-refractivity contribution in [3.8, 4) is 0 Å². The number of hydrogen-bond acceptors (Lipinski definition) is 2. The average molecular weight is 211 g/mol. The highest BCUT2D eigenvalue weighted by Crippen LogP contribution is 2.28. The third kappa shape index (κ3) is 5.33. The fourth-order valence-electron chi connectivity index (χ4n) is 2.27. The van der Waals surface area contributed by atoms with Crippen molar-refractivity contribution < 1.29 is 4.74 Å². The van der Waals surface area contributed by atoms with Crippen LogP contribution in [-0.4, -0.2) is 25.8 Å². The second-order valence-corrected chi connectivity index (χ2v) is 4.43. The monoisotopic (exact) mass is 211 g/mol. The van der Waals surface area contributed by atoms with Crippen molar-refractivity contribution in [3.63, 3.8) is 0 Å². The van der Waals surface area contributed by atoms with Crippen LogP contribution in [0.2, 0.25) is 0 Å². The van der Waals surface area contributed by atoms with Crippen LogP contribution in [0.4, 0.5) is 0 Å². The Labute approximate surface area is 94.1 Å². The fourth-order valence-corrected chi connectivity index (χ4v) is 2.27. The van der Waals surface area contributed by atoms with Crippen LogP contribution in [0, 0.1) is 5.92 Å². The second kappa shape index (κ2) is 7.89. The van der Waals surface area contributed by atoms with Gasteiger partial charge in [0.1, 0.15) is 0 Å². The topological polar surface area (TPSA) is 21.3 Å². The average Bonchev–Trinajstić information content (AvgIpc) is 2.29. The van der Waals surface area contributed by atoms with Gasteiger partial charge in [-0.25, -0.2) is 0 Å². The highest BCUT2D eigenvalue weighted by atomic mass is 16.5. The Bertz CT molecular complexity index is 170. The van der Waals surface area contributed by atoms with E-state index in [1.54, 1.807) is 0 Å². The van der Waals surface area contributed by atoms with Crippen LogP contribution in [0.25, 0.3) is 0 Å². The molecule has 0 aliphatic heterocycles. The molecule has 1 rings (SSSR count). The molecule has 0 saturated heterocycles. The fraction of sp³-hybridized carbons (Fsp3) is 0.846. The molecule has 1 fully saturated rings. The molecule has 0 aromatic carbocycles. The lowest BCUT2D eigenvalue weighted by atomic mass is 9.85. The van der Waals surface area contributed by atoms with Crippen molar-refractivity contribution in [2.24, 2.45) is 5.92 Å². The Morgan fingerprint density at radius 2 is 2.33 bits per heavy atom. The van der Waals surface area contributed by atoms with Crippen molar-refractivity contribution in [1.82, 2.24) is 5.32 Å². The second-order valence-electron chi connectivity index (χ2n) is 4.43. The molecule has 88 valence electrons. The van der Waals surface area contributed by atoms with E-state index in [4.69, 9.17) is 4.74 Å². The highest BCUT2D eigenvalue weighted by Gasteiger charge is 2.20. The lowest BCUT2D eigenvalue weighted by Gasteiger charge is -2.28. The SMILES string of the molecule is C=CCNCCOC1CCCC(CC)C1. The van der Waals surface area contributed by atoms with Crippen molar-refractivity contribution >= 4 is 0 Å². The summed E-state index contributed by atoms with van der Waals surface area (Å²) >= 11 is 0. The summed E-state index contributed by atoms with van der Waals surface area (Å²) in [6.45, 7) is 8.62. The van der Waals surface area contributed by atoms with E-state index in [-0.39, 0.29) is 0 Å². The zero-order valence-corrected chi connectivity index (χ0v) is 10.0. The zero-order valence-electron chi connectivity index (χ0n) is 10.0. The van der Waals surface area contributed by atoms with Crippen LogP contribution in [0.15, 0.2) is 12.7 Å². The van der Waals surface area contributed by atoms with Crippen LogP contribution in [0.5, 0.6) is 0 Å². The Hall–Kier alpha value is -0.340. The molecule has 1 aliphatic rings. The van der Waals surface area contributed by atoms with Gasteiger partial charge in [-0.15, -0.1) is 6.58 Å². The molecule has 2 nitrogen and oxygen atoms in total. The Morgan fingerprint density at radius 1 is 1.47 bits per heavy atom. The first-order chi connectivity index (χ1) is 7.36. The Balaban J connectivity index is 2.02. The quantitative estimate of drug-likeness (QED) is 0.516. The maximum atomic E-state index is 5.86. The summed E-state index contributed by atoms with van der Waals surface area (Å²) in [6, 6.07) is 0. The predicted molar refractivity (Wildman–Crippen MR) is 65.1 cm³/mol. The minimum Gasteiger partial charge on any atom is -0.377 e. The molecule has 0 aromatic rings. The van der Waals surface area contributed by atoms with Crippen LogP contribution < -0.4 is 5.32 Å². The summed E-state index contributed by atoms with van der Waals surface area (Å²) in [6.07, 6.45) is 9.02. The first-order valence-electron chi connectivity index (χ1n) is 6.30. The van der Waals surface area contributed by atoms with Crippen LogP contribution >= 0.6 is 0 Å². The third-order valence-electron chi connectivity index (χ3n) is 3.23. The van der Waals surface area contributed by atoms with Gasteiger partial charge in [0, 0.05) is 13.1 Å². The van der Waals surface area contributed by atoms with Crippen LogP contribution in [0.3, 0.4) is 0 Å². The van der Waals surface area contributed by atoms with E-state index >= 15 is 0 Å². The maximum absolute atomic E-state index is 5.86. The Kier molecular flexibility index (Phi) is 6.69. The Morgan fingerprint density at radius 3 is 3.07 bits per heavy atom. The number of hydrogen-bond donors (Lipinski definition) is 1. The molecular weight excluding hydrogens is 186 g/mol. The van der Waals surface area contributed by atoms with Crippen molar-refractivity contribution in [3.05, 3.63) is 12.7 Å². The molecule has 0 aromatic heterocycles. The number of ether oxygens (including phenoxy) is 1. The summed E-state index contributed by atoms with van der Waals surface area (Å²) < 4.78 is 5.86. The molecule has 0 amide bonds. The molecule has 0 spiro atoms. The van der Waals surface area contributed by atoms with Crippen molar-refractivity contribution in [1.29, 1.82) is 0 Å². The normalized spacial score (nSPS) is 26.5. The summed E-state index contributed by atoms with van der Waals surface area (Å²) in [5.74, 6) is 0.907. The van der Waals surface area contributed by atoms with Gasteiger partial charge in [0.2, 0.25) is 0 Å². The number of nitrogens with one attached hydrogen (secondary N) is 1. The molecule has 0 bridgehead atoms. The smallest absolute Gasteiger partial charge is 0.0594 e. The number of rotatable bonds is 7. The lowest BCUT2D eigenvalue weighted by Crippen LogP contribution is -2.27. The van der Waals surface area contributed by atoms with Gasteiger partial charge in [0.15, 0.2) is 0 Å². The molecule has 1 aliphatic carbocycles. The summed E-state index contributed by atoms with van der Waals surface area (Å²) in [5, 5.41) is 3.26. The highest BCUT2D eigenvalue weighted by molar-refractivity contribution is 4.73. The van der Waals surface area contributed by atoms with Gasteiger partial charge in [-0.05, 0) is 18.8 Å². The minimum atomic E-state index is 0.522. The van der Waals surface area contributed by atoms with Gasteiger partial charge in [0.25, 0.3) is 0 Å². The van der Waals surface area contributed by atoms with Crippen LogP contribution in [-0.2, 0) is 4.74 Å². The van der Waals surface area contributed by atoms with E-state index in [2.05, 4.69) is 18.8 Å². The van der Waals surface area contributed by atoms with Gasteiger partial charge in [-0.2, -0.15) is 0 Å². The lowest BCUT2D eigenvalue weighted by molar-refractivity contribution is 0.0145. The van der Waals surface area contributed by atoms with Gasteiger partial charge in [0.05, 0.1) is 12.7 Å². The van der Waals surface area contributed by atoms with E-state index in [0.717, 1.165) is 25.6 Å². The predicted octanol–water partition coefficient (Wildman–Crippen LogP) is 2.75. The molecular formula is C13H25NO. The molecule has 2 atom stereocenters. The molecule has 15 heavy (non-hydrogen) atoms. The minimum absolute atomic E-state index is 0.522. The summed E-state index contributed by atoms with van der Waals surface area (Å²) in [5.41, 5.74) is 0. The molecule has 1 saturated carbocycles. The largest absolute Gasteiger partial charge is 0.377 e. The molecule has 1 N–H and O–H groups in total. The maximum Gasteiger partial charge on any atom is 0.0594 e. The van der Waals surface area contributed by atoms with Gasteiger partial charge < -0.3 is 10.1 Å². The molecule has 0 radical (unpaired) electrons. The first-order valence-corrected chi connectivity index (χ1v) is 6.30. The summed E-state index contributed by atoms with van der Waals surface area (Å²) in [4.78, 5) is 0. The van der Waals surface area contributed by atoms with Gasteiger partial charge in [-0.1, -0.05) is 32.3 Å². The van der Waals surface area contributed by atoms with Gasteiger partial charge in [-0.3, -0.25) is 0 Å². The van der Waals surface area contributed by atoms with E-state index in [1.165, 1.54) is 32.1 Å². The third-order valence-corrected chi connectivity index (χ3v) is 3.23. The molecule has 2 unspecified atom stereocenters. The molecule has 0 heterocycles. The van der Waals surface area contributed by atoms with E-state index in [9.17, 15) is 0 Å². The van der Waals surface area contributed by atoms with Gasteiger partial charge >= 0.3 is 0 Å². The van der Waals surface area contributed by atoms with Crippen molar-refractivity contribution in [2.45, 2.75) is 45.1 Å². The van der Waals surface area contributed by atoms with Crippen molar-refractivity contribution in [2.75, 3.05) is 19.7 Å². The standard InChI is InChI=1S/C13H25NO/c1-3-8-14-9-10-15-13-7-5-6-12(4-2)11-13/h3,12-14H,1,4-11H2,2H3. The first kappa shape index (κ1) is 12.7. The van der Waals surface area contributed by atoms with E-state index in [0.29, 0.717) is 6.10 Å². The van der Waals surface area contributed by atoms with E-state index in [1.807, 2.05) is 6.08 Å².